The van der Waals surface area contributed by atoms with Crippen LogP contribution in [-0.4, -0.2) is 30.3 Å². The van der Waals surface area contributed by atoms with Crippen LogP contribution >= 0.6 is 0 Å². The van der Waals surface area contributed by atoms with Gasteiger partial charge in [0.05, 0.1) is 14.2 Å². The van der Waals surface area contributed by atoms with E-state index in [2.05, 4.69) is 10.1 Å². The van der Waals surface area contributed by atoms with Crippen molar-refractivity contribution in [3.8, 4) is 22.9 Å². The Morgan fingerprint density at radius 1 is 1.22 bits per heavy atom. The molecule has 0 fully saturated rings. The lowest BCUT2D eigenvalue weighted by Crippen LogP contribution is -2.10. The molecule has 1 heterocycles. The number of rotatable bonds is 4. The molecule has 0 radical (unpaired) electrons. The number of primary amides is 1. The number of nitrogens with zero attached hydrogens (tertiary/aromatic N) is 2. The van der Waals surface area contributed by atoms with Gasteiger partial charge in [0.25, 0.3) is 0 Å². The summed E-state index contributed by atoms with van der Waals surface area (Å²) < 4.78 is 14.9. The van der Waals surface area contributed by atoms with Gasteiger partial charge in [-0.1, -0.05) is 5.16 Å². The summed E-state index contributed by atoms with van der Waals surface area (Å²) in [5.74, 6) is 0.376. The van der Waals surface area contributed by atoms with Gasteiger partial charge in [-0.3, -0.25) is 4.79 Å². The molecular weight excluding hydrogens is 238 g/mol. The Bertz CT molecular complexity index is 557. The Morgan fingerprint density at radius 3 is 2.28 bits per heavy atom. The number of carbonyl (C=O) groups is 1. The van der Waals surface area contributed by atoms with Gasteiger partial charge in [-0.2, -0.15) is 4.98 Å². The van der Waals surface area contributed by atoms with E-state index in [1.165, 1.54) is 14.2 Å². The van der Waals surface area contributed by atoms with Crippen LogP contribution in [0, 0.1) is 0 Å². The highest BCUT2D eigenvalue weighted by atomic mass is 16.5. The van der Waals surface area contributed by atoms with E-state index in [1.54, 1.807) is 18.2 Å². The maximum absolute atomic E-state index is 10.9. The van der Waals surface area contributed by atoms with E-state index in [4.69, 9.17) is 19.7 Å². The maximum Gasteiger partial charge on any atom is 0.316 e. The van der Waals surface area contributed by atoms with Crippen molar-refractivity contribution < 1.29 is 18.8 Å². The van der Waals surface area contributed by atoms with Crippen LogP contribution in [0.3, 0.4) is 0 Å². The molecule has 0 bridgehead atoms. The molecule has 0 aliphatic heterocycles. The fourth-order valence-electron chi connectivity index (χ4n) is 1.38. The molecule has 0 atom stereocenters. The zero-order chi connectivity index (χ0) is 13.1. The summed E-state index contributed by atoms with van der Waals surface area (Å²) in [6, 6.07) is 5.09. The fraction of sp³-hybridized carbons (Fsp3) is 0.182. The minimum atomic E-state index is -0.774. The molecule has 0 spiro atoms. The molecule has 94 valence electrons. The molecule has 0 saturated heterocycles. The normalized spacial score (nSPS) is 10.1. The first kappa shape index (κ1) is 11.9. The fourth-order valence-corrected chi connectivity index (χ4v) is 1.38. The predicted octanol–water partition coefficient (Wildman–Crippen LogP) is 0.853. The van der Waals surface area contributed by atoms with Gasteiger partial charge < -0.3 is 19.7 Å². The topological polar surface area (TPSA) is 100 Å². The molecule has 0 aliphatic rings. The van der Waals surface area contributed by atoms with Crippen LogP contribution in [0.5, 0.6) is 11.5 Å². The van der Waals surface area contributed by atoms with Crippen LogP contribution < -0.4 is 15.2 Å². The number of nitrogens with two attached hydrogens (primary N) is 1. The van der Waals surface area contributed by atoms with Crippen LogP contribution in [0.1, 0.15) is 10.7 Å². The van der Waals surface area contributed by atoms with Crippen molar-refractivity contribution in [1.82, 2.24) is 10.1 Å². The highest BCUT2D eigenvalue weighted by molar-refractivity contribution is 5.88. The zero-order valence-corrected chi connectivity index (χ0v) is 9.84. The van der Waals surface area contributed by atoms with Crippen molar-refractivity contribution in [3.63, 3.8) is 0 Å². The van der Waals surface area contributed by atoms with Gasteiger partial charge in [0.15, 0.2) is 0 Å². The van der Waals surface area contributed by atoms with Crippen molar-refractivity contribution in [2.75, 3.05) is 14.2 Å². The molecule has 1 aromatic heterocycles. The lowest BCUT2D eigenvalue weighted by molar-refractivity contribution is 0.0958. The van der Waals surface area contributed by atoms with E-state index in [-0.39, 0.29) is 11.7 Å². The van der Waals surface area contributed by atoms with Crippen LogP contribution in [0.25, 0.3) is 11.4 Å². The SMILES string of the molecule is COc1cc(OC)cc(-c2noc(C(N)=O)n2)c1. The molecular formula is C11H11N3O4. The number of hydrogen-bond donors (Lipinski definition) is 1. The molecule has 0 unspecified atom stereocenters. The number of benzene rings is 1. The Balaban J connectivity index is 2.45. The van der Waals surface area contributed by atoms with Crippen molar-refractivity contribution in [3.05, 3.63) is 24.1 Å². The van der Waals surface area contributed by atoms with Crippen LogP contribution in [-0.2, 0) is 0 Å². The third kappa shape index (κ3) is 2.24. The van der Waals surface area contributed by atoms with Crippen molar-refractivity contribution in [2.45, 2.75) is 0 Å². The minimum absolute atomic E-state index is 0.237. The zero-order valence-electron chi connectivity index (χ0n) is 9.84. The van der Waals surface area contributed by atoms with Gasteiger partial charge in [-0.25, -0.2) is 0 Å². The maximum atomic E-state index is 10.9. The molecule has 2 rings (SSSR count). The highest BCUT2D eigenvalue weighted by Gasteiger charge is 2.14. The third-order valence-electron chi connectivity index (χ3n) is 2.25. The standard InChI is InChI=1S/C11H11N3O4/c1-16-7-3-6(4-8(5-7)17-2)10-13-11(9(12)15)18-14-10/h3-5H,1-2H3,(H2,12,15). The summed E-state index contributed by atoms with van der Waals surface area (Å²) in [6.45, 7) is 0. The average molecular weight is 249 g/mol. The molecule has 2 N–H and O–H groups in total. The van der Waals surface area contributed by atoms with E-state index in [9.17, 15) is 4.79 Å². The van der Waals surface area contributed by atoms with E-state index in [0.29, 0.717) is 17.1 Å². The minimum Gasteiger partial charge on any atom is -0.497 e. The molecule has 1 aromatic carbocycles. The number of methoxy groups -OCH3 is 2. The first-order valence-corrected chi connectivity index (χ1v) is 5.01. The monoisotopic (exact) mass is 249 g/mol. The van der Waals surface area contributed by atoms with Gasteiger partial charge >= 0.3 is 11.8 Å². The number of aromatic nitrogens is 2. The smallest absolute Gasteiger partial charge is 0.316 e. The third-order valence-corrected chi connectivity index (χ3v) is 2.25. The Labute approximate surface area is 102 Å². The molecule has 0 saturated carbocycles. The number of amides is 1. The van der Waals surface area contributed by atoms with Crippen molar-refractivity contribution in [2.24, 2.45) is 5.73 Å². The quantitative estimate of drug-likeness (QED) is 0.862. The summed E-state index contributed by atoms with van der Waals surface area (Å²) in [5.41, 5.74) is 5.63. The Morgan fingerprint density at radius 2 is 1.83 bits per heavy atom. The first-order valence-electron chi connectivity index (χ1n) is 5.01. The molecule has 2 aromatic rings. The first-order chi connectivity index (χ1) is 8.63. The number of hydrogen-bond acceptors (Lipinski definition) is 6. The summed E-state index contributed by atoms with van der Waals surface area (Å²) in [6.07, 6.45) is 0. The highest BCUT2D eigenvalue weighted by Crippen LogP contribution is 2.27. The molecule has 18 heavy (non-hydrogen) atoms. The predicted molar refractivity (Wildman–Crippen MR) is 61.4 cm³/mol. The number of carbonyl (C=O) groups excluding carboxylic acids is 1. The van der Waals surface area contributed by atoms with Crippen molar-refractivity contribution in [1.29, 1.82) is 0 Å². The van der Waals surface area contributed by atoms with Gasteiger partial charge in [-0.15, -0.1) is 0 Å². The molecule has 7 heteroatoms. The summed E-state index contributed by atoms with van der Waals surface area (Å²) in [7, 11) is 3.06. The van der Waals surface area contributed by atoms with E-state index >= 15 is 0 Å². The van der Waals surface area contributed by atoms with Crippen LogP contribution in [0.2, 0.25) is 0 Å². The second-order valence-corrected chi connectivity index (χ2v) is 3.39. The van der Waals surface area contributed by atoms with Gasteiger partial charge in [0.2, 0.25) is 5.82 Å². The summed E-state index contributed by atoms with van der Waals surface area (Å²) in [5, 5.41) is 3.66. The largest absolute Gasteiger partial charge is 0.497 e. The second-order valence-electron chi connectivity index (χ2n) is 3.39. The average Bonchev–Trinajstić information content (AvgIpc) is 2.87. The Kier molecular flexibility index (Phi) is 3.13. The van der Waals surface area contributed by atoms with E-state index in [1.807, 2.05) is 0 Å². The molecule has 1 amide bonds. The molecule has 7 nitrogen and oxygen atoms in total. The van der Waals surface area contributed by atoms with E-state index < -0.39 is 5.91 Å². The lowest BCUT2D eigenvalue weighted by Gasteiger charge is -2.05. The lowest BCUT2D eigenvalue weighted by atomic mass is 10.2. The number of ether oxygens (including phenoxy) is 2. The van der Waals surface area contributed by atoms with E-state index in [0.717, 1.165) is 0 Å². The summed E-state index contributed by atoms with van der Waals surface area (Å²) >= 11 is 0. The van der Waals surface area contributed by atoms with Crippen LogP contribution in [0.15, 0.2) is 22.7 Å². The van der Waals surface area contributed by atoms with Gasteiger partial charge in [-0.05, 0) is 12.1 Å². The van der Waals surface area contributed by atoms with Crippen LogP contribution in [0.4, 0.5) is 0 Å². The molecule has 0 aliphatic carbocycles. The van der Waals surface area contributed by atoms with Gasteiger partial charge in [0, 0.05) is 11.6 Å². The summed E-state index contributed by atoms with van der Waals surface area (Å²) in [4.78, 5) is 14.7. The van der Waals surface area contributed by atoms with Gasteiger partial charge in [0.1, 0.15) is 11.5 Å². The second kappa shape index (κ2) is 4.74. The van der Waals surface area contributed by atoms with Crippen molar-refractivity contribution >= 4 is 5.91 Å². The Hall–Kier alpha value is -2.57.